The quantitative estimate of drug-likeness (QED) is 0.798. The smallest absolute Gasteiger partial charge is 0.118 e. The van der Waals surface area contributed by atoms with Gasteiger partial charge in [-0.25, -0.2) is 0 Å². The molecule has 0 aliphatic heterocycles. The number of hydrogen-bond acceptors (Lipinski definition) is 3. The number of aromatic nitrogens is 1. The number of nitrogens with zero attached hydrogens (tertiary/aromatic N) is 1. The van der Waals surface area contributed by atoms with E-state index in [2.05, 4.69) is 4.98 Å². The van der Waals surface area contributed by atoms with E-state index in [1.165, 1.54) is 0 Å². The molecule has 106 valence electrons. The van der Waals surface area contributed by atoms with Crippen LogP contribution in [0.2, 0.25) is 0 Å². The number of ether oxygens (including phenoxy) is 1. The van der Waals surface area contributed by atoms with Crippen molar-refractivity contribution in [1.29, 1.82) is 0 Å². The van der Waals surface area contributed by atoms with Crippen molar-refractivity contribution in [2.24, 2.45) is 0 Å². The third kappa shape index (κ3) is 2.36. The molecular weight excluding hydrogens is 262 g/mol. The summed E-state index contributed by atoms with van der Waals surface area (Å²) in [6.07, 6.45) is 1.75. The molecule has 0 radical (unpaired) electrons. The summed E-state index contributed by atoms with van der Waals surface area (Å²) in [6, 6.07) is 17.2. The van der Waals surface area contributed by atoms with Gasteiger partial charge in [-0.1, -0.05) is 36.4 Å². The van der Waals surface area contributed by atoms with Crippen LogP contribution in [0.1, 0.15) is 18.1 Å². The minimum atomic E-state index is -1.11. The van der Waals surface area contributed by atoms with Crippen LogP contribution in [0.3, 0.4) is 0 Å². The summed E-state index contributed by atoms with van der Waals surface area (Å²) in [5, 5.41) is 12.1. The first-order valence-electron chi connectivity index (χ1n) is 6.84. The molecule has 0 saturated carbocycles. The molecule has 0 aliphatic carbocycles. The van der Waals surface area contributed by atoms with Gasteiger partial charge in [-0.15, -0.1) is 0 Å². The molecule has 1 aromatic heterocycles. The van der Waals surface area contributed by atoms with E-state index in [4.69, 9.17) is 4.74 Å². The normalized spacial score (nSPS) is 13.9. The number of fused-ring (bicyclic) bond motifs is 1. The monoisotopic (exact) mass is 279 g/mol. The first kappa shape index (κ1) is 13.6. The highest BCUT2D eigenvalue weighted by Crippen LogP contribution is 2.33. The van der Waals surface area contributed by atoms with E-state index in [-0.39, 0.29) is 0 Å². The predicted molar refractivity (Wildman–Crippen MR) is 83.4 cm³/mol. The van der Waals surface area contributed by atoms with Crippen LogP contribution in [0.15, 0.2) is 60.8 Å². The third-order valence-electron chi connectivity index (χ3n) is 3.81. The summed E-state index contributed by atoms with van der Waals surface area (Å²) in [6.45, 7) is 1.79. The summed E-state index contributed by atoms with van der Waals surface area (Å²) in [5.41, 5.74) is 1.31. The van der Waals surface area contributed by atoms with Gasteiger partial charge in [0.15, 0.2) is 0 Å². The minimum Gasteiger partial charge on any atom is -0.497 e. The van der Waals surface area contributed by atoms with E-state index in [1.807, 2.05) is 54.6 Å². The molecule has 3 nitrogen and oxygen atoms in total. The number of para-hydroxylation sites is 1. The maximum absolute atomic E-state index is 11.0. The zero-order valence-corrected chi connectivity index (χ0v) is 12.1. The van der Waals surface area contributed by atoms with Crippen molar-refractivity contribution >= 4 is 10.9 Å². The number of benzene rings is 2. The molecule has 3 aromatic rings. The van der Waals surface area contributed by atoms with Crippen LogP contribution in [0.25, 0.3) is 10.9 Å². The molecule has 0 fully saturated rings. The van der Waals surface area contributed by atoms with E-state index in [0.29, 0.717) is 0 Å². The summed E-state index contributed by atoms with van der Waals surface area (Å²) < 4.78 is 5.16. The lowest BCUT2D eigenvalue weighted by Crippen LogP contribution is -2.23. The lowest BCUT2D eigenvalue weighted by atomic mass is 9.87. The molecule has 2 aromatic carbocycles. The minimum absolute atomic E-state index is 0.769. The predicted octanol–water partition coefficient (Wildman–Crippen LogP) is 3.50. The Bertz CT molecular complexity index is 758. The Morgan fingerprint density at radius 3 is 2.43 bits per heavy atom. The zero-order chi connectivity index (χ0) is 14.9. The molecule has 1 N–H and O–H groups in total. The Balaban J connectivity index is 2.14. The SMILES string of the molecule is COc1ccc(C(C)(O)c2cccc3cccnc23)cc1. The molecule has 0 bridgehead atoms. The highest BCUT2D eigenvalue weighted by Gasteiger charge is 2.28. The van der Waals surface area contributed by atoms with Gasteiger partial charge in [0.1, 0.15) is 11.4 Å². The molecule has 0 spiro atoms. The molecule has 0 aliphatic rings. The summed E-state index contributed by atoms with van der Waals surface area (Å²) >= 11 is 0. The van der Waals surface area contributed by atoms with Crippen LogP contribution in [0.4, 0.5) is 0 Å². The molecule has 1 unspecified atom stereocenters. The van der Waals surface area contributed by atoms with Gasteiger partial charge in [-0.3, -0.25) is 4.98 Å². The zero-order valence-electron chi connectivity index (χ0n) is 12.1. The maximum atomic E-state index is 11.0. The fraction of sp³-hybridized carbons (Fsp3) is 0.167. The fourth-order valence-corrected chi connectivity index (χ4v) is 2.57. The van der Waals surface area contributed by atoms with Gasteiger partial charge in [-0.2, -0.15) is 0 Å². The Labute approximate surface area is 123 Å². The maximum Gasteiger partial charge on any atom is 0.118 e. The number of pyridine rings is 1. The number of rotatable bonds is 3. The summed E-state index contributed by atoms with van der Waals surface area (Å²) in [5.74, 6) is 0.769. The molecular formula is C18H17NO2. The topological polar surface area (TPSA) is 42.4 Å². The van der Waals surface area contributed by atoms with Gasteiger partial charge >= 0.3 is 0 Å². The van der Waals surface area contributed by atoms with Crippen LogP contribution in [0.5, 0.6) is 5.75 Å². The Kier molecular flexibility index (Phi) is 3.35. The van der Waals surface area contributed by atoms with Crippen molar-refractivity contribution < 1.29 is 9.84 Å². The van der Waals surface area contributed by atoms with Crippen LogP contribution in [-0.4, -0.2) is 17.2 Å². The highest BCUT2D eigenvalue weighted by atomic mass is 16.5. The van der Waals surface area contributed by atoms with Crippen LogP contribution in [-0.2, 0) is 5.60 Å². The van der Waals surface area contributed by atoms with E-state index in [1.54, 1.807) is 20.2 Å². The van der Waals surface area contributed by atoms with Crippen molar-refractivity contribution in [2.45, 2.75) is 12.5 Å². The summed E-state index contributed by atoms with van der Waals surface area (Å²) in [7, 11) is 1.63. The second kappa shape index (κ2) is 5.19. The van der Waals surface area contributed by atoms with Crippen molar-refractivity contribution in [3.8, 4) is 5.75 Å². The van der Waals surface area contributed by atoms with Crippen molar-refractivity contribution in [3.05, 3.63) is 71.9 Å². The van der Waals surface area contributed by atoms with Crippen molar-refractivity contribution in [2.75, 3.05) is 7.11 Å². The molecule has 1 heterocycles. The Morgan fingerprint density at radius 2 is 1.71 bits per heavy atom. The highest BCUT2D eigenvalue weighted by molar-refractivity contribution is 5.82. The third-order valence-corrected chi connectivity index (χ3v) is 3.81. The van der Waals surface area contributed by atoms with Gasteiger partial charge in [0, 0.05) is 17.1 Å². The second-order valence-corrected chi connectivity index (χ2v) is 5.18. The molecule has 0 saturated heterocycles. The summed E-state index contributed by atoms with van der Waals surface area (Å²) in [4.78, 5) is 4.42. The van der Waals surface area contributed by atoms with Gasteiger partial charge in [0.2, 0.25) is 0 Å². The van der Waals surface area contributed by atoms with Gasteiger partial charge in [-0.05, 0) is 30.7 Å². The lowest BCUT2D eigenvalue weighted by molar-refractivity contribution is 0.104. The average Bonchev–Trinajstić information content (AvgIpc) is 2.54. The van der Waals surface area contributed by atoms with Gasteiger partial charge in [0.05, 0.1) is 12.6 Å². The number of hydrogen-bond donors (Lipinski definition) is 1. The first-order chi connectivity index (χ1) is 10.1. The molecule has 0 amide bonds. The van der Waals surface area contributed by atoms with Crippen molar-refractivity contribution in [1.82, 2.24) is 4.98 Å². The number of aliphatic hydroxyl groups is 1. The molecule has 1 atom stereocenters. The van der Waals surface area contributed by atoms with E-state index < -0.39 is 5.60 Å². The molecule has 3 rings (SSSR count). The Morgan fingerprint density at radius 1 is 1.00 bits per heavy atom. The lowest BCUT2D eigenvalue weighted by Gasteiger charge is -2.25. The first-order valence-corrected chi connectivity index (χ1v) is 6.84. The Hall–Kier alpha value is -2.39. The van der Waals surface area contributed by atoms with E-state index >= 15 is 0 Å². The van der Waals surface area contributed by atoms with Gasteiger partial charge in [0.25, 0.3) is 0 Å². The van der Waals surface area contributed by atoms with Gasteiger partial charge < -0.3 is 9.84 Å². The largest absolute Gasteiger partial charge is 0.497 e. The molecule has 3 heteroatoms. The van der Waals surface area contributed by atoms with Crippen LogP contribution in [0, 0.1) is 0 Å². The van der Waals surface area contributed by atoms with Crippen LogP contribution >= 0.6 is 0 Å². The van der Waals surface area contributed by atoms with Crippen LogP contribution < -0.4 is 4.74 Å². The standard InChI is InChI=1S/C18H17NO2/c1-18(20,14-8-10-15(21-2)11-9-14)16-7-3-5-13-6-4-12-19-17(13)16/h3-12,20H,1-2H3. The average molecular weight is 279 g/mol. The number of methoxy groups -OCH3 is 1. The second-order valence-electron chi connectivity index (χ2n) is 5.18. The van der Waals surface area contributed by atoms with E-state index in [9.17, 15) is 5.11 Å². The van der Waals surface area contributed by atoms with E-state index in [0.717, 1.165) is 27.8 Å². The van der Waals surface area contributed by atoms with Crippen molar-refractivity contribution in [3.63, 3.8) is 0 Å². The molecule has 21 heavy (non-hydrogen) atoms. The fourth-order valence-electron chi connectivity index (χ4n) is 2.57.